The highest BCUT2D eigenvalue weighted by Crippen LogP contribution is 2.31. The average Bonchev–Trinajstić information content (AvgIpc) is 2.46. The van der Waals surface area contributed by atoms with Crippen LogP contribution >= 0.6 is 0 Å². The van der Waals surface area contributed by atoms with Crippen LogP contribution in [0.2, 0.25) is 0 Å². The average molecular weight is 212 g/mol. The van der Waals surface area contributed by atoms with E-state index in [1.807, 2.05) is 0 Å². The fourth-order valence-electron chi connectivity index (χ4n) is 1.59. The van der Waals surface area contributed by atoms with Crippen molar-refractivity contribution < 1.29 is 13.5 Å². The minimum Gasteiger partial charge on any atom is -0.462 e. The second-order valence-electron chi connectivity index (χ2n) is 3.64. The minimum absolute atomic E-state index is 0.0289. The van der Waals surface area contributed by atoms with Gasteiger partial charge in [0, 0.05) is 11.6 Å². The summed E-state index contributed by atoms with van der Waals surface area (Å²) >= 11 is 0. The van der Waals surface area contributed by atoms with Gasteiger partial charge in [-0.05, 0) is 13.0 Å². The van der Waals surface area contributed by atoms with Crippen molar-refractivity contribution in [3.8, 4) is 0 Å². The zero-order chi connectivity index (χ0) is 11.1. The highest BCUT2D eigenvalue weighted by molar-refractivity contribution is 5.74. The molecule has 0 fully saturated rings. The van der Waals surface area contributed by atoms with Crippen molar-refractivity contribution in [3.63, 3.8) is 0 Å². The molecule has 1 aliphatic rings. The van der Waals surface area contributed by atoms with E-state index in [-0.39, 0.29) is 18.2 Å². The molecule has 2 N–H and O–H groups in total. The Bertz CT molecular complexity index is 433. The van der Waals surface area contributed by atoms with Gasteiger partial charge in [0.1, 0.15) is 23.8 Å². The molecule has 0 saturated carbocycles. The number of hydrogen-bond donors (Lipinski definition) is 1. The van der Waals surface area contributed by atoms with E-state index < -0.39 is 17.2 Å². The first-order valence-electron chi connectivity index (χ1n) is 4.45. The molecule has 80 valence electrons. The van der Waals surface area contributed by atoms with Crippen molar-refractivity contribution in [2.75, 3.05) is 6.61 Å². The SMILES string of the molecule is CC1(c2ccc(F)cc2F)COC(N)=N1. The Labute approximate surface area is 85.6 Å². The topological polar surface area (TPSA) is 47.6 Å². The molecular formula is C10H10F2N2O. The van der Waals surface area contributed by atoms with E-state index in [2.05, 4.69) is 4.99 Å². The van der Waals surface area contributed by atoms with Crippen LogP contribution in [0.25, 0.3) is 0 Å². The monoisotopic (exact) mass is 212 g/mol. The Morgan fingerprint density at radius 2 is 2.20 bits per heavy atom. The Kier molecular flexibility index (Phi) is 2.10. The summed E-state index contributed by atoms with van der Waals surface area (Å²) in [6.07, 6.45) is 0. The molecule has 5 heteroatoms. The van der Waals surface area contributed by atoms with Gasteiger partial charge in [0.25, 0.3) is 6.02 Å². The standard InChI is InChI=1S/C10H10F2N2O/c1-10(5-15-9(13)14-10)7-3-2-6(11)4-8(7)12/h2-4H,5H2,1H3,(H2,13,14). The summed E-state index contributed by atoms with van der Waals surface area (Å²) in [5.74, 6) is -1.25. The molecule has 0 amide bonds. The van der Waals surface area contributed by atoms with Crippen LogP contribution < -0.4 is 5.73 Å². The molecule has 15 heavy (non-hydrogen) atoms. The second kappa shape index (κ2) is 3.18. The fourth-order valence-corrected chi connectivity index (χ4v) is 1.59. The summed E-state index contributed by atoms with van der Waals surface area (Å²) in [6.45, 7) is 1.85. The number of halogens is 2. The highest BCUT2D eigenvalue weighted by Gasteiger charge is 2.35. The van der Waals surface area contributed by atoms with Gasteiger partial charge in [-0.1, -0.05) is 6.07 Å². The van der Waals surface area contributed by atoms with Gasteiger partial charge < -0.3 is 10.5 Å². The lowest BCUT2D eigenvalue weighted by Gasteiger charge is -2.19. The number of aliphatic imine (C=N–C) groups is 1. The molecule has 0 bridgehead atoms. The zero-order valence-corrected chi connectivity index (χ0v) is 8.13. The lowest BCUT2D eigenvalue weighted by Crippen LogP contribution is -2.22. The molecule has 0 aliphatic carbocycles. The van der Waals surface area contributed by atoms with E-state index in [0.717, 1.165) is 6.07 Å². The molecule has 1 aromatic rings. The summed E-state index contributed by atoms with van der Waals surface area (Å²) in [7, 11) is 0. The van der Waals surface area contributed by atoms with Gasteiger partial charge in [-0.3, -0.25) is 0 Å². The molecule has 1 aliphatic heterocycles. The van der Waals surface area contributed by atoms with Crippen molar-refractivity contribution in [3.05, 3.63) is 35.4 Å². The van der Waals surface area contributed by atoms with E-state index in [1.54, 1.807) is 6.92 Å². The third-order valence-electron chi connectivity index (χ3n) is 2.37. The smallest absolute Gasteiger partial charge is 0.283 e. The molecule has 0 saturated heterocycles. The predicted octanol–water partition coefficient (Wildman–Crippen LogP) is 1.52. The van der Waals surface area contributed by atoms with Gasteiger partial charge in [0.2, 0.25) is 0 Å². The number of ether oxygens (including phenoxy) is 1. The van der Waals surface area contributed by atoms with Gasteiger partial charge >= 0.3 is 0 Å². The third-order valence-corrected chi connectivity index (χ3v) is 2.37. The molecule has 0 aromatic heterocycles. The lowest BCUT2D eigenvalue weighted by atomic mass is 9.93. The molecule has 1 aromatic carbocycles. The number of nitrogens with two attached hydrogens (primary N) is 1. The summed E-state index contributed by atoms with van der Waals surface area (Å²) < 4.78 is 31.1. The summed E-state index contributed by atoms with van der Waals surface area (Å²) in [5.41, 5.74) is 4.78. The normalized spacial score (nSPS) is 24.9. The van der Waals surface area contributed by atoms with Crippen LogP contribution in [0.3, 0.4) is 0 Å². The van der Waals surface area contributed by atoms with Gasteiger partial charge in [-0.2, -0.15) is 0 Å². The van der Waals surface area contributed by atoms with E-state index in [9.17, 15) is 8.78 Å². The van der Waals surface area contributed by atoms with Gasteiger partial charge in [-0.15, -0.1) is 0 Å². The van der Waals surface area contributed by atoms with Gasteiger partial charge in [0.15, 0.2) is 0 Å². The van der Waals surface area contributed by atoms with E-state index in [1.165, 1.54) is 12.1 Å². The number of rotatable bonds is 1. The Balaban J connectivity index is 2.46. The zero-order valence-electron chi connectivity index (χ0n) is 8.13. The lowest BCUT2D eigenvalue weighted by molar-refractivity contribution is 0.262. The highest BCUT2D eigenvalue weighted by atomic mass is 19.1. The minimum atomic E-state index is -0.859. The van der Waals surface area contributed by atoms with Crippen LogP contribution in [0.1, 0.15) is 12.5 Å². The van der Waals surface area contributed by atoms with Crippen molar-refractivity contribution in [1.29, 1.82) is 0 Å². The molecule has 0 spiro atoms. The van der Waals surface area contributed by atoms with Crippen LogP contribution in [-0.4, -0.2) is 12.6 Å². The fraction of sp³-hybridized carbons (Fsp3) is 0.300. The number of nitrogens with zero attached hydrogens (tertiary/aromatic N) is 1. The van der Waals surface area contributed by atoms with E-state index in [0.29, 0.717) is 0 Å². The number of hydrogen-bond acceptors (Lipinski definition) is 3. The first kappa shape index (κ1) is 9.89. The summed E-state index contributed by atoms with van der Waals surface area (Å²) in [6, 6.07) is 3.40. The Morgan fingerprint density at radius 1 is 1.47 bits per heavy atom. The first-order valence-corrected chi connectivity index (χ1v) is 4.45. The van der Waals surface area contributed by atoms with Crippen molar-refractivity contribution >= 4 is 6.02 Å². The van der Waals surface area contributed by atoms with Crippen LogP contribution in [0.4, 0.5) is 8.78 Å². The summed E-state index contributed by atoms with van der Waals surface area (Å²) in [4.78, 5) is 3.99. The maximum absolute atomic E-state index is 13.5. The van der Waals surface area contributed by atoms with Crippen molar-refractivity contribution in [2.24, 2.45) is 10.7 Å². The van der Waals surface area contributed by atoms with E-state index in [4.69, 9.17) is 10.5 Å². The maximum Gasteiger partial charge on any atom is 0.283 e. The molecule has 3 nitrogen and oxygen atoms in total. The predicted molar refractivity (Wildman–Crippen MR) is 51.3 cm³/mol. The number of benzene rings is 1. The summed E-state index contributed by atoms with van der Waals surface area (Å²) in [5, 5.41) is 0. The van der Waals surface area contributed by atoms with Crippen molar-refractivity contribution in [1.82, 2.24) is 0 Å². The van der Waals surface area contributed by atoms with Crippen molar-refractivity contribution in [2.45, 2.75) is 12.5 Å². The second-order valence-corrected chi connectivity index (χ2v) is 3.64. The van der Waals surface area contributed by atoms with Crippen LogP contribution in [0.15, 0.2) is 23.2 Å². The Hall–Kier alpha value is -1.65. The molecule has 1 heterocycles. The maximum atomic E-state index is 13.5. The molecule has 0 radical (unpaired) electrons. The third kappa shape index (κ3) is 1.65. The molecular weight excluding hydrogens is 202 g/mol. The molecule has 1 unspecified atom stereocenters. The van der Waals surface area contributed by atoms with Crippen LogP contribution in [-0.2, 0) is 10.3 Å². The van der Waals surface area contributed by atoms with Gasteiger partial charge in [-0.25, -0.2) is 13.8 Å². The number of amidine groups is 1. The van der Waals surface area contributed by atoms with Gasteiger partial charge in [0.05, 0.1) is 0 Å². The van der Waals surface area contributed by atoms with Crippen LogP contribution in [0, 0.1) is 11.6 Å². The Morgan fingerprint density at radius 3 is 2.73 bits per heavy atom. The van der Waals surface area contributed by atoms with Crippen LogP contribution in [0.5, 0.6) is 0 Å². The quantitative estimate of drug-likeness (QED) is 0.767. The van der Waals surface area contributed by atoms with E-state index >= 15 is 0 Å². The largest absolute Gasteiger partial charge is 0.462 e. The first-order chi connectivity index (χ1) is 7.01. The molecule has 1 atom stereocenters. The molecule has 2 rings (SSSR count).